The minimum atomic E-state index is -0.215. The van der Waals surface area contributed by atoms with Gasteiger partial charge >= 0.3 is 0 Å². The van der Waals surface area contributed by atoms with Gasteiger partial charge in [-0.2, -0.15) is 0 Å². The van der Waals surface area contributed by atoms with E-state index >= 15 is 0 Å². The number of benzene rings is 1. The Kier molecular flexibility index (Phi) is 6.49. The molecular weight excluding hydrogens is 358 g/mol. The van der Waals surface area contributed by atoms with E-state index < -0.39 is 0 Å². The average molecular weight is 378 g/mol. The van der Waals surface area contributed by atoms with Crippen LogP contribution < -0.4 is 10.6 Å². The van der Waals surface area contributed by atoms with Gasteiger partial charge in [0.25, 0.3) is 5.91 Å². The Labute approximate surface area is 144 Å². The summed E-state index contributed by atoms with van der Waals surface area (Å²) in [4.78, 5) is 14.2. The van der Waals surface area contributed by atoms with E-state index in [1.54, 1.807) is 24.3 Å². The quantitative estimate of drug-likeness (QED) is 0.726. The molecule has 0 unspecified atom stereocenters. The standard InChI is InChI=1S/C16H20BrN5O/c1-22(2)10-4-9-18-14-7-8-15(21-20-14)19-16(23)12-5-3-6-13(17)11-12/h3,5-8,11H,4,9-10H2,1-2H3,(H,18,20)(H,19,21,23). The van der Waals surface area contributed by atoms with E-state index in [9.17, 15) is 4.79 Å². The van der Waals surface area contributed by atoms with Gasteiger partial charge in [-0.3, -0.25) is 4.79 Å². The van der Waals surface area contributed by atoms with Gasteiger partial charge in [0.05, 0.1) is 0 Å². The van der Waals surface area contributed by atoms with Gasteiger partial charge in [-0.15, -0.1) is 10.2 Å². The second-order valence-corrected chi connectivity index (χ2v) is 6.27. The van der Waals surface area contributed by atoms with Crippen LogP contribution in [0.3, 0.4) is 0 Å². The van der Waals surface area contributed by atoms with E-state index in [-0.39, 0.29) is 5.91 Å². The number of hydrogen-bond donors (Lipinski definition) is 2. The molecule has 0 saturated heterocycles. The van der Waals surface area contributed by atoms with Crippen molar-refractivity contribution < 1.29 is 4.79 Å². The van der Waals surface area contributed by atoms with Crippen LogP contribution in [0, 0.1) is 0 Å². The number of nitrogens with zero attached hydrogens (tertiary/aromatic N) is 3. The second kappa shape index (κ2) is 8.59. The minimum absolute atomic E-state index is 0.215. The van der Waals surface area contributed by atoms with Crippen molar-refractivity contribution in [2.24, 2.45) is 0 Å². The van der Waals surface area contributed by atoms with Crippen molar-refractivity contribution in [1.29, 1.82) is 0 Å². The summed E-state index contributed by atoms with van der Waals surface area (Å²) in [6.07, 6.45) is 1.02. The first kappa shape index (κ1) is 17.4. The first-order valence-corrected chi connectivity index (χ1v) is 8.13. The molecule has 2 rings (SSSR count). The Hall–Kier alpha value is -1.99. The highest BCUT2D eigenvalue weighted by atomic mass is 79.9. The summed E-state index contributed by atoms with van der Waals surface area (Å²) in [6, 6.07) is 10.7. The highest BCUT2D eigenvalue weighted by Crippen LogP contribution is 2.13. The van der Waals surface area contributed by atoms with Crippen molar-refractivity contribution >= 4 is 33.5 Å². The van der Waals surface area contributed by atoms with Crippen molar-refractivity contribution in [2.45, 2.75) is 6.42 Å². The maximum atomic E-state index is 12.1. The van der Waals surface area contributed by atoms with Gasteiger partial charge in [0.2, 0.25) is 0 Å². The van der Waals surface area contributed by atoms with E-state index in [2.05, 4.69) is 41.7 Å². The lowest BCUT2D eigenvalue weighted by molar-refractivity contribution is 0.102. The Morgan fingerprint density at radius 2 is 1.91 bits per heavy atom. The fourth-order valence-electron chi connectivity index (χ4n) is 1.92. The molecule has 1 amide bonds. The fraction of sp³-hybridized carbons (Fsp3) is 0.312. The van der Waals surface area contributed by atoms with Gasteiger partial charge in [0.15, 0.2) is 5.82 Å². The smallest absolute Gasteiger partial charge is 0.256 e. The second-order valence-electron chi connectivity index (χ2n) is 5.35. The molecule has 0 radical (unpaired) electrons. The van der Waals surface area contributed by atoms with Crippen LogP contribution in [0.25, 0.3) is 0 Å². The Morgan fingerprint density at radius 1 is 1.17 bits per heavy atom. The molecule has 2 aromatic rings. The molecule has 2 N–H and O–H groups in total. The molecule has 0 fully saturated rings. The van der Waals surface area contributed by atoms with E-state index in [1.807, 2.05) is 26.2 Å². The maximum absolute atomic E-state index is 12.1. The number of amides is 1. The molecular formula is C16H20BrN5O. The summed E-state index contributed by atoms with van der Waals surface area (Å²) >= 11 is 3.34. The number of halogens is 1. The number of hydrogen-bond acceptors (Lipinski definition) is 5. The van der Waals surface area contributed by atoms with Crippen LogP contribution in [0.1, 0.15) is 16.8 Å². The van der Waals surface area contributed by atoms with Gasteiger partial charge in [-0.1, -0.05) is 22.0 Å². The van der Waals surface area contributed by atoms with Crippen molar-refractivity contribution in [3.05, 3.63) is 46.4 Å². The number of aromatic nitrogens is 2. The zero-order chi connectivity index (χ0) is 16.7. The number of anilines is 2. The molecule has 0 aliphatic carbocycles. The van der Waals surface area contributed by atoms with Crippen molar-refractivity contribution in [1.82, 2.24) is 15.1 Å². The molecule has 0 spiro atoms. The van der Waals surface area contributed by atoms with Crippen LogP contribution in [0.5, 0.6) is 0 Å². The van der Waals surface area contributed by atoms with E-state index in [1.165, 1.54) is 0 Å². The molecule has 0 aliphatic heterocycles. The normalized spacial score (nSPS) is 10.6. The number of carbonyl (C=O) groups is 1. The summed E-state index contributed by atoms with van der Waals surface area (Å²) in [5, 5.41) is 14.0. The van der Waals surface area contributed by atoms with E-state index in [4.69, 9.17) is 0 Å². The summed E-state index contributed by atoms with van der Waals surface area (Å²) in [5.74, 6) is 0.908. The van der Waals surface area contributed by atoms with Crippen LogP contribution in [-0.2, 0) is 0 Å². The Balaban J connectivity index is 1.86. The monoisotopic (exact) mass is 377 g/mol. The van der Waals surface area contributed by atoms with Crippen molar-refractivity contribution in [2.75, 3.05) is 37.8 Å². The SMILES string of the molecule is CN(C)CCCNc1ccc(NC(=O)c2cccc(Br)c2)nn1. The topological polar surface area (TPSA) is 70.2 Å². The van der Waals surface area contributed by atoms with Gasteiger partial charge in [-0.25, -0.2) is 0 Å². The molecule has 1 heterocycles. The molecule has 0 aliphatic rings. The molecule has 0 bridgehead atoms. The lowest BCUT2D eigenvalue weighted by atomic mass is 10.2. The molecule has 6 nitrogen and oxygen atoms in total. The van der Waals surface area contributed by atoms with Crippen molar-refractivity contribution in [3.63, 3.8) is 0 Å². The lowest BCUT2D eigenvalue weighted by Crippen LogP contribution is -2.17. The number of rotatable bonds is 7. The molecule has 23 heavy (non-hydrogen) atoms. The summed E-state index contributed by atoms with van der Waals surface area (Å²) in [7, 11) is 4.09. The predicted octanol–water partition coefficient (Wildman–Crippen LogP) is 2.86. The largest absolute Gasteiger partial charge is 0.369 e. The highest BCUT2D eigenvalue weighted by molar-refractivity contribution is 9.10. The third-order valence-electron chi connectivity index (χ3n) is 3.08. The molecule has 0 saturated carbocycles. The van der Waals surface area contributed by atoms with Gasteiger partial charge < -0.3 is 15.5 Å². The van der Waals surface area contributed by atoms with Crippen LogP contribution >= 0.6 is 15.9 Å². The minimum Gasteiger partial charge on any atom is -0.369 e. The molecule has 122 valence electrons. The predicted molar refractivity (Wildman–Crippen MR) is 95.8 cm³/mol. The van der Waals surface area contributed by atoms with Crippen LogP contribution in [0.15, 0.2) is 40.9 Å². The summed E-state index contributed by atoms with van der Waals surface area (Å²) < 4.78 is 0.855. The zero-order valence-electron chi connectivity index (χ0n) is 13.2. The van der Waals surface area contributed by atoms with Crippen molar-refractivity contribution in [3.8, 4) is 0 Å². The van der Waals surface area contributed by atoms with Crippen LogP contribution in [0.4, 0.5) is 11.6 Å². The van der Waals surface area contributed by atoms with Crippen LogP contribution in [-0.4, -0.2) is 48.2 Å². The Morgan fingerprint density at radius 3 is 2.57 bits per heavy atom. The average Bonchev–Trinajstić information content (AvgIpc) is 2.53. The maximum Gasteiger partial charge on any atom is 0.256 e. The first-order chi connectivity index (χ1) is 11.0. The van der Waals surface area contributed by atoms with E-state index in [0.29, 0.717) is 17.2 Å². The fourth-order valence-corrected chi connectivity index (χ4v) is 2.32. The summed E-state index contributed by atoms with van der Waals surface area (Å²) in [6.45, 7) is 1.85. The number of carbonyl (C=O) groups excluding carboxylic acids is 1. The highest BCUT2D eigenvalue weighted by Gasteiger charge is 2.07. The molecule has 1 aromatic carbocycles. The zero-order valence-corrected chi connectivity index (χ0v) is 14.8. The van der Waals surface area contributed by atoms with Gasteiger partial charge in [0.1, 0.15) is 5.82 Å². The first-order valence-electron chi connectivity index (χ1n) is 7.34. The summed E-state index contributed by atoms with van der Waals surface area (Å²) in [5.41, 5.74) is 0.562. The van der Waals surface area contributed by atoms with E-state index in [0.717, 1.165) is 24.0 Å². The molecule has 7 heteroatoms. The lowest BCUT2D eigenvalue weighted by Gasteiger charge is -2.10. The van der Waals surface area contributed by atoms with Crippen LogP contribution in [0.2, 0.25) is 0 Å². The number of nitrogens with one attached hydrogen (secondary N) is 2. The third kappa shape index (κ3) is 5.96. The molecule has 0 atom stereocenters. The van der Waals surface area contributed by atoms with Gasteiger partial charge in [0, 0.05) is 16.6 Å². The Bertz CT molecular complexity index is 645. The molecule has 1 aromatic heterocycles. The van der Waals surface area contributed by atoms with Gasteiger partial charge in [-0.05, 0) is 57.4 Å². The third-order valence-corrected chi connectivity index (χ3v) is 3.57.